The third-order valence-electron chi connectivity index (χ3n) is 3.77. The summed E-state index contributed by atoms with van der Waals surface area (Å²) in [5, 5.41) is 3.06. The summed E-state index contributed by atoms with van der Waals surface area (Å²) in [6.45, 7) is 6.94. The maximum Gasteiger partial charge on any atom is 0.223 e. The molecule has 16 heavy (non-hydrogen) atoms. The number of hydrogen-bond acceptors (Lipinski definition) is 1. The molecule has 2 unspecified atom stereocenters. The summed E-state index contributed by atoms with van der Waals surface area (Å²) < 4.78 is 0. The lowest BCUT2D eigenvalue weighted by Crippen LogP contribution is -2.36. The number of halogens is 1. The molecule has 0 heterocycles. The van der Waals surface area contributed by atoms with Crippen molar-refractivity contribution in [3.05, 3.63) is 0 Å². The van der Waals surface area contributed by atoms with Crippen molar-refractivity contribution >= 4 is 17.5 Å². The normalized spacial score (nSPS) is 19.6. The molecule has 2 atom stereocenters. The van der Waals surface area contributed by atoms with E-state index in [1.807, 2.05) is 6.92 Å². The Labute approximate surface area is 104 Å². The van der Waals surface area contributed by atoms with Crippen molar-refractivity contribution in [2.24, 2.45) is 17.8 Å². The predicted octanol–water partition coefficient (Wildman–Crippen LogP) is 3.19. The highest BCUT2D eigenvalue weighted by molar-refractivity contribution is 6.21. The van der Waals surface area contributed by atoms with E-state index in [1.54, 1.807) is 0 Å². The standard InChI is InChI=1S/C13H24ClNO/c1-4-10(5-2)12(14)8-15-13(16)9(3)11-6-7-11/h9-12H,4-8H2,1-3H3,(H,15,16). The fourth-order valence-corrected chi connectivity index (χ4v) is 2.57. The number of carbonyl (C=O) groups excluding carboxylic acids is 1. The van der Waals surface area contributed by atoms with Crippen molar-refractivity contribution in [3.8, 4) is 0 Å². The minimum atomic E-state index is 0.0744. The Morgan fingerprint density at radius 3 is 2.38 bits per heavy atom. The summed E-state index contributed by atoms with van der Waals surface area (Å²) in [7, 11) is 0. The summed E-state index contributed by atoms with van der Waals surface area (Å²) in [6, 6.07) is 0. The first-order chi connectivity index (χ1) is 7.60. The van der Waals surface area contributed by atoms with Gasteiger partial charge >= 0.3 is 0 Å². The average molecular weight is 246 g/mol. The molecular weight excluding hydrogens is 222 g/mol. The van der Waals surface area contributed by atoms with Crippen LogP contribution in [-0.4, -0.2) is 17.8 Å². The fraction of sp³-hybridized carbons (Fsp3) is 0.923. The number of nitrogens with one attached hydrogen (secondary N) is 1. The summed E-state index contributed by atoms with van der Waals surface area (Å²) in [5.74, 6) is 1.49. The Morgan fingerprint density at radius 1 is 1.38 bits per heavy atom. The highest BCUT2D eigenvalue weighted by atomic mass is 35.5. The second kappa shape index (κ2) is 6.48. The van der Waals surface area contributed by atoms with Crippen LogP contribution in [0.5, 0.6) is 0 Å². The molecule has 0 aromatic rings. The highest BCUT2D eigenvalue weighted by Gasteiger charge is 2.32. The van der Waals surface area contributed by atoms with E-state index in [1.165, 1.54) is 12.8 Å². The molecule has 0 radical (unpaired) electrons. The van der Waals surface area contributed by atoms with Gasteiger partial charge in [0.15, 0.2) is 0 Å². The van der Waals surface area contributed by atoms with Crippen molar-refractivity contribution in [2.45, 2.75) is 51.8 Å². The molecule has 2 nitrogen and oxygen atoms in total. The summed E-state index contributed by atoms with van der Waals surface area (Å²) >= 11 is 6.28. The van der Waals surface area contributed by atoms with Crippen molar-refractivity contribution in [1.29, 1.82) is 0 Å². The molecule has 1 aliphatic rings. The lowest BCUT2D eigenvalue weighted by molar-refractivity contribution is -0.125. The third-order valence-corrected chi connectivity index (χ3v) is 4.28. The van der Waals surface area contributed by atoms with E-state index < -0.39 is 0 Å². The van der Waals surface area contributed by atoms with Crippen molar-refractivity contribution < 1.29 is 4.79 Å². The summed E-state index contributed by atoms with van der Waals surface area (Å²) in [6.07, 6.45) is 4.59. The monoisotopic (exact) mass is 245 g/mol. The molecule has 3 heteroatoms. The first kappa shape index (κ1) is 13.8. The number of amides is 1. The van der Waals surface area contributed by atoms with Gasteiger partial charge in [-0.1, -0.05) is 33.6 Å². The maximum atomic E-state index is 11.8. The van der Waals surface area contributed by atoms with Gasteiger partial charge in [-0.05, 0) is 24.7 Å². The van der Waals surface area contributed by atoms with Gasteiger partial charge in [-0.15, -0.1) is 11.6 Å². The predicted molar refractivity (Wildman–Crippen MR) is 68.6 cm³/mol. The number of alkyl halides is 1. The second-order valence-electron chi connectivity index (χ2n) is 4.96. The van der Waals surface area contributed by atoms with E-state index >= 15 is 0 Å². The van der Waals surface area contributed by atoms with Crippen LogP contribution in [0, 0.1) is 17.8 Å². The molecule has 0 aromatic carbocycles. The molecule has 0 spiro atoms. The van der Waals surface area contributed by atoms with Crippen LogP contribution in [0.4, 0.5) is 0 Å². The first-order valence-electron chi connectivity index (χ1n) is 6.51. The minimum Gasteiger partial charge on any atom is -0.354 e. The molecular formula is C13H24ClNO. The van der Waals surface area contributed by atoms with Gasteiger partial charge in [0.05, 0.1) is 5.38 Å². The lowest BCUT2D eigenvalue weighted by atomic mass is 9.98. The van der Waals surface area contributed by atoms with Crippen LogP contribution in [-0.2, 0) is 4.79 Å². The van der Waals surface area contributed by atoms with E-state index in [0.717, 1.165) is 12.8 Å². The van der Waals surface area contributed by atoms with E-state index in [9.17, 15) is 4.79 Å². The van der Waals surface area contributed by atoms with E-state index in [0.29, 0.717) is 18.4 Å². The van der Waals surface area contributed by atoms with Crippen LogP contribution < -0.4 is 5.32 Å². The number of hydrogen-bond donors (Lipinski definition) is 1. The molecule has 1 amide bonds. The molecule has 94 valence electrons. The van der Waals surface area contributed by atoms with Crippen molar-refractivity contribution in [3.63, 3.8) is 0 Å². The van der Waals surface area contributed by atoms with Crippen LogP contribution in [0.25, 0.3) is 0 Å². The van der Waals surface area contributed by atoms with E-state index in [-0.39, 0.29) is 17.2 Å². The Balaban J connectivity index is 2.24. The zero-order valence-corrected chi connectivity index (χ0v) is 11.4. The van der Waals surface area contributed by atoms with Crippen LogP contribution in [0.2, 0.25) is 0 Å². The molecule has 1 N–H and O–H groups in total. The molecule has 1 aliphatic carbocycles. The van der Waals surface area contributed by atoms with Crippen LogP contribution in [0.15, 0.2) is 0 Å². The van der Waals surface area contributed by atoms with Crippen LogP contribution in [0.3, 0.4) is 0 Å². The fourth-order valence-electron chi connectivity index (χ4n) is 2.14. The molecule has 1 saturated carbocycles. The Bertz CT molecular complexity index is 224. The summed E-state index contributed by atoms with van der Waals surface area (Å²) in [5.41, 5.74) is 0. The van der Waals surface area contributed by atoms with Crippen molar-refractivity contribution in [1.82, 2.24) is 5.32 Å². The average Bonchev–Trinajstić information content (AvgIpc) is 3.10. The van der Waals surface area contributed by atoms with Crippen LogP contribution in [0.1, 0.15) is 46.5 Å². The Morgan fingerprint density at radius 2 is 1.94 bits per heavy atom. The smallest absolute Gasteiger partial charge is 0.223 e. The largest absolute Gasteiger partial charge is 0.354 e. The van der Waals surface area contributed by atoms with Gasteiger partial charge in [0.1, 0.15) is 0 Å². The molecule has 1 fully saturated rings. The minimum absolute atomic E-state index is 0.0744. The van der Waals surface area contributed by atoms with Gasteiger partial charge in [-0.3, -0.25) is 4.79 Å². The van der Waals surface area contributed by atoms with Gasteiger partial charge < -0.3 is 5.32 Å². The molecule has 0 saturated heterocycles. The summed E-state index contributed by atoms with van der Waals surface area (Å²) in [4.78, 5) is 11.8. The maximum absolute atomic E-state index is 11.8. The molecule has 0 aromatic heterocycles. The molecule has 0 bridgehead atoms. The van der Waals surface area contributed by atoms with Crippen LogP contribution >= 0.6 is 11.6 Å². The number of carbonyl (C=O) groups is 1. The SMILES string of the molecule is CCC(CC)C(Cl)CNC(=O)C(C)C1CC1. The van der Waals surface area contributed by atoms with E-state index in [4.69, 9.17) is 11.6 Å². The van der Waals surface area contributed by atoms with Gasteiger partial charge in [0.2, 0.25) is 5.91 Å². The highest BCUT2D eigenvalue weighted by Crippen LogP contribution is 2.36. The second-order valence-corrected chi connectivity index (χ2v) is 5.52. The quantitative estimate of drug-likeness (QED) is 0.686. The Kier molecular flexibility index (Phi) is 5.60. The third kappa shape index (κ3) is 3.97. The molecule has 0 aliphatic heterocycles. The van der Waals surface area contributed by atoms with Crippen molar-refractivity contribution in [2.75, 3.05) is 6.54 Å². The lowest BCUT2D eigenvalue weighted by Gasteiger charge is -2.20. The topological polar surface area (TPSA) is 29.1 Å². The molecule has 1 rings (SSSR count). The zero-order chi connectivity index (χ0) is 12.1. The van der Waals surface area contributed by atoms with Gasteiger partial charge in [0.25, 0.3) is 0 Å². The van der Waals surface area contributed by atoms with Gasteiger partial charge in [-0.25, -0.2) is 0 Å². The van der Waals surface area contributed by atoms with E-state index in [2.05, 4.69) is 19.2 Å². The zero-order valence-electron chi connectivity index (χ0n) is 10.6. The van der Waals surface area contributed by atoms with Gasteiger partial charge in [-0.2, -0.15) is 0 Å². The Hall–Kier alpha value is -0.240. The van der Waals surface area contributed by atoms with Gasteiger partial charge in [0, 0.05) is 12.5 Å². The number of rotatable bonds is 7. The first-order valence-corrected chi connectivity index (χ1v) is 6.95.